The van der Waals surface area contributed by atoms with Gasteiger partial charge in [-0.2, -0.15) is 0 Å². The quantitative estimate of drug-likeness (QED) is 0.253. The van der Waals surface area contributed by atoms with E-state index in [0.717, 1.165) is 12.1 Å². The first-order valence-corrected chi connectivity index (χ1v) is 9.37. The average molecular weight is 460 g/mol. The number of ether oxygens (including phenoxy) is 1. The first-order chi connectivity index (χ1) is 15.5. The third-order valence-corrected chi connectivity index (χ3v) is 4.83. The van der Waals surface area contributed by atoms with E-state index in [1.807, 2.05) is 0 Å². The summed E-state index contributed by atoms with van der Waals surface area (Å²) in [4.78, 5) is 10.3. The van der Waals surface area contributed by atoms with Crippen molar-refractivity contribution in [1.82, 2.24) is 0 Å². The Bertz CT molecular complexity index is 1180. The lowest BCUT2D eigenvalue weighted by Crippen LogP contribution is -2.30. The van der Waals surface area contributed by atoms with Crippen LogP contribution in [0.15, 0.2) is 42.5 Å². The highest BCUT2D eigenvalue weighted by Crippen LogP contribution is 2.42. The predicted octanol–water partition coefficient (Wildman–Crippen LogP) is 2.05. The minimum Gasteiger partial charge on any atom is -0.508 e. The second kappa shape index (κ2) is 8.93. The van der Waals surface area contributed by atoms with Crippen molar-refractivity contribution >= 4 is 5.97 Å². The number of hydrogen-bond donors (Lipinski definition) is 9. The Labute approximate surface area is 185 Å². The summed E-state index contributed by atoms with van der Waals surface area (Å²) in [6.45, 7) is 0. The topological polar surface area (TPSA) is 208 Å². The van der Waals surface area contributed by atoms with Gasteiger partial charge in [0, 0.05) is 24.1 Å². The Hall–Kier alpha value is -4.51. The molecule has 1 aliphatic rings. The SMILES string of the molecule is O=C(O)c1cc(O)c(O)c(O)c1.Oc1cc(O)c2c(c1)O[C@H](c1ccc(O)c(O)c1)[C@@H](O)C2. The van der Waals surface area contributed by atoms with Gasteiger partial charge >= 0.3 is 5.97 Å². The number of carbonyl (C=O) groups is 1. The molecule has 0 unspecified atom stereocenters. The summed E-state index contributed by atoms with van der Waals surface area (Å²) < 4.78 is 5.62. The number of fused-ring (bicyclic) bond motifs is 1. The lowest BCUT2D eigenvalue weighted by atomic mass is 9.94. The van der Waals surface area contributed by atoms with Crippen molar-refractivity contribution in [3.05, 3.63) is 59.2 Å². The van der Waals surface area contributed by atoms with E-state index >= 15 is 0 Å². The van der Waals surface area contributed by atoms with Gasteiger partial charge in [-0.05, 0) is 29.8 Å². The predicted molar refractivity (Wildman–Crippen MR) is 111 cm³/mol. The first-order valence-electron chi connectivity index (χ1n) is 9.37. The molecule has 0 radical (unpaired) electrons. The van der Waals surface area contributed by atoms with E-state index in [9.17, 15) is 30.3 Å². The van der Waals surface area contributed by atoms with Crippen LogP contribution in [0, 0.1) is 0 Å². The van der Waals surface area contributed by atoms with Gasteiger partial charge in [0.1, 0.15) is 23.4 Å². The molecule has 0 amide bonds. The van der Waals surface area contributed by atoms with Crippen molar-refractivity contribution in [2.75, 3.05) is 0 Å². The molecular weight excluding hydrogens is 440 g/mol. The molecule has 0 spiro atoms. The molecule has 11 nitrogen and oxygen atoms in total. The minimum absolute atomic E-state index is 0.143. The number of aliphatic hydroxyl groups is 1. The first kappa shape index (κ1) is 23.2. The Morgan fingerprint density at radius 2 is 1.42 bits per heavy atom. The molecule has 1 aliphatic heterocycles. The Morgan fingerprint density at radius 1 is 0.788 bits per heavy atom. The molecule has 2 atom stereocenters. The van der Waals surface area contributed by atoms with Crippen LogP contribution in [-0.2, 0) is 6.42 Å². The number of aromatic carboxylic acids is 1. The van der Waals surface area contributed by atoms with Crippen molar-refractivity contribution in [2.45, 2.75) is 18.6 Å². The third kappa shape index (κ3) is 4.88. The molecule has 11 heteroatoms. The van der Waals surface area contributed by atoms with E-state index in [4.69, 9.17) is 25.2 Å². The number of aromatic hydroxyl groups is 7. The molecule has 0 aliphatic carbocycles. The summed E-state index contributed by atoms with van der Waals surface area (Å²) in [6, 6.07) is 8.36. The molecule has 0 fully saturated rings. The number of carboxylic acid groups (broad SMARTS) is 1. The van der Waals surface area contributed by atoms with Crippen LogP contribution in [-0.4, -0.2) is 58.0 Å². The highest BCUT2D eigenvalue weighted by atomic mass is 16.5. The summed E-state index contributed by atoms with van der Waals surface area (Å²) in [5, 5.41) is 83.3. The fourth-order valence-electron chi connectivity index (χ4n) is 3.19. The summed E-state index contributed by atoms with van der Waals surface area (Å²) in [5.41, 5.74) is 0.605. The monoisotopic (exact) mass is 460 g/mol. The second-order valence-electron chi connectivity index (χ2n) is 7.17. The van der Waals surface area contributed by atoms with E-state index in [-0.39, 0.29) is 40.7 Å². The summed E-state index contributed by atoms with van der Waals surface area (Å²) >= 11 is 0. The van der Waals surface area contributed by atoms with Crippen molar-refractivity contribution in [3.8, 4) is 46.0 Å². The smallest absolute Gasteiger partial charge is 0.335 e. The van der Waals surface area contributed by atoms with Gasteiger partial charge in [-0.1, -0.05) is 6.07 Å². The molecular formula is C22H20O11. The fraction of sp³-hybridized carbons (Fsp3) is 0.136. The molecule has 4 rings (SSSR count). The number of phenolic OH excluding ortho intramolecular Hbond substituents is 7. The number of aliphatic hydroxyl groups excluding tert-OH is 1. The van der Waals surface area contributed by atoms with E-state index in [1.165, 1.54) is 30.3 Å². The van der Waals surface area contributed by atoms with Crippen LogP contribution < -0.4 is 4.74 Å². The van der Waals surface area contributed by atoms with Crippen LogP contribution in [0.5, 0.6) is 46.0 Å². The molecule has 9 N–H and O–H groups in total. The number of benzene rings is 3. The van der Waals surface area contributed by atoms with Crippen molar-refractivity contribution in [3.63, 3.8) is 0 Å². The van der Waals surface area contributed by atoms with Gasteiger partial charge in [0.05, 0.1) is 11.7 Å². The highest BCUT2D eigenvalue weighted by molar-refractivity contribution is 5.89. The molecule has 33 heavy (non-hydrogen) atoms. The number of carboxylic acids is 1. The maximum atomic E-state index is 10.3. The standard InChI is InChI=1S/C15H14O6.C7H6O5/c16-8-4-11(18)9-6-13(20)15(21-14(9)5-8)7-1-2-10(17)12(19)3-7;8-4-1-3(7(11)12)2-5(9)6(4)10/h1-5,13,15-20H,6H2;1-2,8-10H,(H,11,12)/t13-,15+;/m0./s1. The van der Waals surface area contributed by atoms with Crippen LogP contribution in [0.2, 0.25) is 0 Å². The summed E-state index contributed by atoms with van der Waals surface area (Å²) in [5.74, 6) is -3.92. The minimum atomic E-state index is -1.29. The van der Waals surface area contributed by atoms with Gasteiger partial charge in [0.25, 0.3) is 0 Å². The van der Waals surface area contributed by atoms with Crippen LogP contribution in [0.4, 0.5) is 0 Å². The lowest BCUT2D eigenvalue weighted by Gasteiger charge is -2.31. The normalized spacial score (nSPS) is 16.6. The van der Waals surface area contributed by atoms with E-state index < -0.39 is 35.4 Å². The van der Waals surface area contributed by atoms with Gasteiger partial charge in [-0.3, -0.25) is 0 Å². The molecule has 174 valence electrons. The van der Waals surface area contributed by atoms with Gasteiger partial charge in [0.15, 0.2) is 28.7 Å². The zero-order chi connectivity index (χ0) is 24.4. The van der Waals surface area contributed by atoms with Crippen LogP contribution in [0.1, 0.15) is 27.6 Å². The van der Waals surface area contributed by atoms with E-state index in [2.05, 4.69) is 0 Å². The van der Waals surface area contributed by atoms with Crippen LogP contribution in [0.25, 0.3) is 0 Å². The Balaban J connectivity index is 0.000000218. The van der Waals surface area contributed by atoms with E-state index in [1.54, 1.807) is 0 Å². The number of hydrogen-bond acceptors (Lipinski definition) is 10. The maximum absolute atomic E-state index is 10.3. The largest absolute Gasteiger partial charge is 0.508 e. The average Bonchev–Trinajstić information content (AvgIpc) is 2.74. The van der Waals surface area contributed by atoms with Crippen LogP contribution in [0.3, 0.4) is 0 Å². The van der Waals surface area contributed by atoms with Gasteiger partial charge < -0.3 is 50.7 Å². The van der Waals surface area contributed by atoms with E-state index in [0.29, 0.717) is 11.1 Å². The Kier molecular flexibility index (Phi) is 6.26. The molecule has 1 heterocycles. The lowest BCUT2D eigenvalue weighted by molar-refractivity contribution is 0.0197. The number of rotatable bonds is 2. The molecule has 0 saturated carbocycles. The summed E-state index contributed by atoms with van der Waals surface area (Å²) in [7, 11) is 0. The van der Waals surface area contributed by atoms with Gasteiger partial charge in [-0.15, -0.1) is 0 Å². The molecule has 0 saturated heterocycles. The fourth-order valence-corrected chi connectivity index (χ4v) is 3.19. The zero-order valence-electron chi connectivity index (χ0n) is 16.7. The van der Waals surface area contributed by atoms with Crippen LogP contribution >= 0.6 is 0 Å². The molecule has 3 aromatic rings. The Morgan fingerprint density at radius 3 is 2.00 bits per heavy atom. The molecule has 0 bridgehead atoms. The maximum Gasteiger partial charge on any atom is 0.335 e. The summed E-state index contributed by atoms with van der Waals surface area (Å²) in [6.07, 6.45) is -1.56. The second-order valence-corrected chi connectivity index (χ2v) is 7.17. The molecule has 3 aromatic carbocycles. The van der Waals surface area contributed by atoms with Crippen molar-refractivity contribution in [1.29, 1.82) is 0 Å². The third-order valence-electron chi connectivity index (χ3n) is 4.83. The van der Waals surface area contributed by atoms with Crippen molar-refractivity contribution in [2.24, 2.45) is 0 Å². The molecule has 0 aromatic heterocycles. The van der Waals surface area contributed by atoms with Crippen molar-refractivity contribution < 1.29 is 55.5 Å². The zero-order valence-corrected chi connectivity index (χ0v) is 16.7. The number of phenols is 7. The van der Waals surface area contributed by atoms with Gasteiger partial charge in [0.2, 0.25) is 0 Å². The highest BCUT2D eigenvalue weighted by Gasteiger charge is 2.32. The van der Waals surface area contributed by atoms with Gasteiger partial charge in [-0.25, -0.2) is 4.79 Å².